The van der Waals surface area contributed by atoms with Crippen LogP contribution in [0.4, 0.5) is 0 Å². The van der Waals surface area contributed by atoms with Crippen molar-refractivity contribution >= 4 is 27.5 Å². The third-order valence-electron chi connectivity index (χ3n) is 4.19. The lowest BCUT2D eigenvalue weighted by Gasteiger charge is -2.17. The lowest BCUT2D eigenvalue weighted by molar-refractivity contribution is 0.0935. The SMILES string of the molecule is CC(NC(=O)c1ccc(Cl)c(S(=O)(=O)N2CCCC2)c1)c1ccco1. The number of benzene rings is 1. The maximum absolute atomic E-state index is 12.7. The number of halogens is 1. The molecule has 8 heteroatoms. The first-order valence-corrected chi connectivity index (χ1v) is 9.85. The van der Waals surface area contributed by atoms with Crippen molar-refractivity contribution in [3.8, 4) is 0 Å². The molecule has 1 saturated heterocycles. The molecule has 1 aliphatic rings. The Bertz CT molecular complexity index is 859. The zero-order chi connectivity index (χ0) is 18.0. The van der Waals surface area contributed by atoms with Gasteiger partial charge in [0.1, 0.15) is 10.7 Å². The molecule has 0 bridgehead atoms. The van der Waals surface area contributed by atoms with Gasteiger partial charge in [-0.05, 0) is 50.1 Å². The van der Waals surface area contributed by atoms with Gasteiger partial charge < -0.3 is 9.73 Å². The smallest absolute Gasteiger partial charge is 0.251 e. The second-order valence-corrected chi connectivity index (χ2v) is 8.28. The molecule has 0 spiro atoms. The van der Waals surface area contributed by atoms with Gasteiger partial charge in [0, 0.05) is 18.7 Å². The van der Waals surface area contributed by atoms with Gasteiger partial charge in [-0.3, -0.25) is 4.79 Å². The van der Waals surface area contributed by atoms with Gasteiger partial charge in [0.05, 0.1) is 17.3 Å². The maximum atomic E-state index is 12.7. The predicted octanol–water partition coefficient (Wildman–Crippen LogP) is 3.21. The van der Waals surface area contributed by atoms with Gasteiger partial charge in [0.25, 0.3) is 5.91 Å². The van der Waals surface area contributed by atoms with E-state index in [0.29, 0.717) is 18.8 Å². The number of amides is 1. The van der Waals surface area contributed by atoms with Crippen molar-refractivity contribution in [3.05, 3.63) is 52.9 Å². The summed E-state index contributed by atoms with van der Waals surface area (Å²) in [6.45, 7) is 2.74. The van der Waals surface area contributed by atoms with Gasteiger partial charge in [0.15, 0.2) is 0 Å². The number of rotatable bonds is 5. The Morgan fingerprint density at radius 3 is 2.64 bits per heavy atom. The molecular formula is C17H19ClN2O4S. The standard InChI is InChI=1S/C17H19ClN2O4S/c1-12(15-5-4-10-24-15)19-17(21)13-6-7-14(18)16(11-13)25(22,23)20-8-2-3-9-20/h4-7,10-12H,2-3,8-9H2,1H3,(H,19,21). The number of sulfonamides is 1. The summed E-state index contributed by atoms with van der Waals surface area (Å²) in [5.74, 6) is 0.227. The van der Waals surface area contributed by atoms with Crippen LogP contribution in [0.5, 0.6) is 0 Å². The minimum Gasteiger partial charge on any atom is -0.467 e. The molecule has 0 aliphatic carbocycles. The lowest BCUT2D eigenvalue weighted by Crippen LogP contribution is -2.29. The fourth-order valence-electron chi connectivity index (χ4n) is 2.80. The van der Waals surface area contributed by atoms with Crippen LogP contribution in [0, 0.1) is 0 Å². The Hall–Kier alpha value is -1.83. The monoisotopic (exact) mass is 382 g/mol. The van der Waals surface area contributed by atoms with Crippen LogP contribution < -0.4 is 5.32 Å². The first kappa shape index (κ1) is 18.0. The number of hydrogen-bond acceptors (Lipinski definition) is 4. The van der Waals surface area contributed by atoms with E-state index < -0.39 is 15.9 Å². The van der Waals surface area contributed by atoms with Crippen LogP contribution in [0.15, 0.2) is 45.9 Å². The number of carbonyl (C=O) groups is 1. The van der Waals surface area contributed by atoms with Crippen molar-refractivity contribution in [2.45, 2.75) is 30.7 Å². The summed E-state index contributed by atoms with van der Waals surface area (Å²) < 4.78 is 32.1. The highest BCUT2D eigenvalue weighted by atomic mass is 35.5. The zero-order valence-corrected chi connectivity index (χ0v) is 15.3. The molecule has 1 amide bonds. The quantitative estimate of drug-likeness (QED) is 0.861. The van der Waals surface area contributed by atoms with Gasteiger partial charge in [-0.2, -0.15) is 4.31 Å². The molecule has 1 N–H and O–H groups in total. The molecule has 1 aliphatic heterocycles. The van der Waals surface area contributed by atoms with E-state index in [1.54, 1.807) is 19.1 Å². The molecule has 2 heterocycles. The molecule has 3 rings (SSSR count). The van der Waals surface area contributed by atoms with Crippen LogP contribution >= 0.6 is 11.6 Å². The van der Waals surface area contributed by atoms with Crippen molar-refractivity contribution in [1.82, 2.24) is 9.62 Å². The molecule has 1 fully saturated rings. The number of carbonyl (C=O) groups excluding carboxylic acids is 1. The summed E-state index contributed by atoms with van der Waals surface area (Å²) in [7, 11) is -3.69. The Morgan fingerprint density at radius 1 is 1.28 bits per heavy atom. The fraction of sp³-hybridized carbons (Fsp3) is 0.353. The molecule has 2 aromatic rings. The van der Waals surface area contributed by atoms with Crippen LogP contribution in [0.25, 0.3) is 0 Å². The third-order valence-corrected chi connectivity index (χ3v) is 6.57. The number of hydrogen-bond donors (Lipinski definition) is 1. The minimum atomic E-state index is -3.69. The summed E-state index contributed by atoms with van der Waals surface area (Å²) in [6.07, 6.45) is 3.19. The van der Waals surface area contributed by atoms with E-state index >= 15 is 0 Å². The van der Waals surface area contributed by atoms with E-state index in [-0.39, 0.29) is 21.5 Å². The van der Waals surface area contributed by atoms with Gasteiger partial charge in [-0.15, -0.1) is 0 Å². The molecule has 1 aromatic carbocycles. The second-order valence-electron chi connectivity index (χ2n) is 5.97. The van der Waals surface area contributed by atoms with Crippen molar-refractivity contribution in [2.75, 3.05) is 13.1 Å². The lowest BCUT2D eigenvalue weighted by atomic mass is 10.2. The van der Waals surface area contributed by atoms with Crippen LogP contribution in [0.2, 0.25) is 5.02 Å². The average Bonchev–Trinajstić information content (AvgIpc) is 3.28. The molecule has 0 radical (unpaired) electrons. The van der Waals surface area contributed by atoms with E-state index in [9.17, 15) is 13.2 Å². The molecule has 1 unspecified atom stereocenters. The highest BCUT2D eigenvalue weighted by Crippen LogP contribution is 2.28. The Kier molecular flexibility index (Phi) is 5.17. The van der Waals surface area contributed by atoms with Gasteiger partial charge >= 0.3 is 0 Å². The molecule has 25 heavy (non-hydrogen) atoms. The summed E-state index contributed by atoms with van der Waals surface area (Å²) >= 11 is 6.10. The second kappa shape index (κ2) is 7.19. The Labute approximate surface area is 151 Å². The zero-order valence-electron chi connectivity index (χ0n) is 13.7. The third kappa shape index (κ3) is 3.73. The largest absolute Gasteiger partial charge is 0.467 e. The van der Waals surface area contributed by atoms with Crippen molar-refractivity contribution in [2.24, 2.45) is 0 Å². The van der Waals surface area contributed by atoms with Gasteiger partial charge in [-0.1, -0.05) is 11.6 Å². The fourth-order valence-corrected chi connectivity index (χ4v) is 4.82. The predicted molar refractivity (Wildman–Crippen MR) is 94.0 cm³/mol. The van der Waals surface area contributed by atoms with E-state index in [1.165, 1.54) is 28.8 Å². The summed E-state index contributed by atoms with van der Waals surface area (Å²) in [5, 5.41) is 2.90. The van der Waals surface area contributed by atoms with E-state index in [1.807, 2.05) is 0 Å². The molecule has 0 saturated carbocycles. The first-order valence-electron chi connectivity index (χ1n) is 8.03. The first-order chi connectivity index (χ1) is 11.9. The summed E-state index contributed by atoms with van der Waals surface area (Å²) in [6, 6.07) is 7.45. The van der Waals surface area contributed by atoms with Crippen LogP contribution in [0.1, 0.15) is 41.9 Å². The van der Waals surface area contributed by atoms with Gasteiger partial charge in [0.2, 0.25) is 10.0 Å². The topological polar surface area (TPSA) is 79.6 Å². The van der Waals surface area contributed by atoms with Crippen LogP contribution in [-0.2, 0) is 10.0 Å². The Morgan fingerprint density at radius 2 is 2.00 bits per heavy atom. The molecule has 1 atom stereocenters. The molecule has 1 aromatic heterocycles. The van der Waals surface area contributed by atoms with Crippen molar-refractivity contribution in [1.29, 1.82) is 0 Å². The highest BCUT2D eigenvalue weighted by molar-refractivity contribution is 7.89. The average molecular weight is 383 g/mol. The Balaban J connectivity index is 1.85. The number of nitrogens with zero attached hydrogens (tertiary/aromatic N) is 1. The van der Waals surface area contributed by atoms with E-state index in [4.69, 9.17) is 16.0 Å². The summed E-state index contributed by atoms with van der Waals surface area (Å²) in [4.78, 5) is 12.4. The molecular weight excluding hydrogens is 364 g/mol. The van der Waals surface area contributed by atoms with Crippen LogP contribution in [-0.4, -0.2) is 31.7 Å². The maximum Gasteiger partial charge on any atom is 0.251 e. The van der Waals surface area contributed by atoms with Crippen molar-refractivity contribution < 1.29 is 17.6 Å². The van der Waals surface area contributed by atoms with Gasteiger partial charge in [-0.25, -0.2) is 8.42 Å². The normalized spacial score (nSPS) is 16.7. The summed E-state index contributed by atoms with van der Waals surface area (Å²) in [5.41, 5.74) is 0.237. The minimum absolute atomic E-state index is 0.0330. The van der Waals surface area contributed by atoms with Crippen LogP contribution in [0.3, 0.4) is 0 Å². The number of furan rings is 1. The number of nitrogens with one attached hydrogen (secondary N) is 1. The molecule has 6 nitrogen and oxygen atoms in total. The van der Waals surface area contributed by atoms with E-state index in [2.05, 4.69) is 5.32 Å². The van der Waals surface area contributed by atoms with E-state index in [0.717, 1.165) is 12.8 Å². The highest BCUT2D eigenvalue weighted by Gasteiger charge is 2.30. The van der Waals surface area contributed by atoms with Crippen molar-refractivity contribution in [3.63, 3.8) is 0 Å². The molecule has 134 valence electrons.